The summed E-state index contributed by atoms with van der Waals surface area (Å²) in [6.07, 6.45) is 6.71. The van der Waals surface area contributed by atoms with E-state index in [9.17, 15) is 4.79 Å². The number of benzene rings is 1. The molecule has 0 radical (unpaired) electrons. The van der Waals surface area contributed by atoms with E-state index in [1.165, 1.54) is 19.4 Å². The molecule has 3 heterocycles. The summed E-state index contributed by atoms with van der Waals surface area (Å²) in [5.41, 5.74) is 11.5. The molecule has 36 heavy (non-hydrogen) atoms. The highest BCUT2D eigenvalue weighted by atomic mass is 16.2. The third-order valence-electron chi connectivity index (χ3n) is 6.98. The molecule has 1 saturated carbocycles. The van der Waals surface area contributed by atoms with Crippen LogP contribution in [0.2, 0.25) is 0 Å². The van der Waals surface area contributed by atoms with Gasteiger partial charge in [0.25, 0.3) is 5.91 Å². The van der Waals surface area contributed by atoms with E-state index in [2.05, 4.69) is 38.6 Å². The molecule has 2 aliphatic rings. The number of nitrogens with two attached hydrogens (primary N) is 1. The second-order valence-electron chi connectivity index (χ2n) is 9.69. The lowest BCUT2D eigenvalue weighted by Crippen LogP contribution is -2.49. The summed E-state index contributed by atoms with van der Waals surface area (Å²) in [6, 6.07) is 9.52. The predicted octanol–water partition coefficient (Wildman–Crippen LogP) is 3.56. The zero-order chi connectivity index (χ0) is 25.1. The number of anilines is 1. The van der Waals surface area contributed by atoms with Crippen molar-refractivity contribution in [2.24, 2.45) is 5.92 Å². The molecule has 0 atom stereocenters. The van der Waals surface area contributed by atoms with Crippen molar-refractivity contribution in [3.63, 3.8) is 0 Å². The molecule has 1 saturated heterocycles. The van der Waals surface area contributed by atoms with Crippen molar-refractivity contribution in [1.82, 2.24) is 24.8 Å². The number of pyridine rings is 1. The van der Waals surface area contributed by atoms with Gasteiger partial charge in [-0.1, -0.05) is 24.8 Å². The average molecular weight is 481 g/mol. The highest BCUT2D eigenvalue weighted by molar-refractivity contribution is 5.96. The van der Waals surface area contributed by atoms with E-state index in [1.54, 1.807) is 18.6 Å². The van der Waals surface area contributed by atoms with Gasteiger partial charge in [-0.2, -0.15) is 0 Å². The second-order valence-corrected chi connectivity index (χ2v) is 9.69. The molecule has 0 unspecified atom stereocenters. The lowest BCUT2D eigenvalue weighted by molar-refractivity contribution is 0.0631. The van der Waals surface area contributed by atoms with Crippen molar-refractivity contribution in [1.29, 1.82) is 0 Å². The van der Waals surface area contributed by atoms with E-state index < -0.39 is 0 Å². The first-order valence-corrected chi connectivity index (χ1v) is 12.7. The van der Waals surface area contributed by atoms with Gasteiger partial charge in [-0.05, 0) is 61.9 Å². The van der Waals surface area contributed by atoms with E-state index in [0.717, 1.165) is 77.7 Å². The van der Waals surface area contributed by atoms with Crippen LogP contribution >= 0.6 is 0 Å². The van der Waals surface area contributed by atoms with Crippen LogP contribution < -0.4 is 5.73 Å². The van der Waals surface area contributed by atoms with Crippen LogP contribution in [0, 0.1) is 24.7 Å². The Morgan fingerprint density at radius 1 is 1.06 bits per heavy atom. The number of amides is 1. The predicted molar refractivity (Wildman–Crippen MR) is 141 cm³/mol. The summed E-state index contributed by atoms with van der Waals surface area (Å²) in [5.74, 6) is 7.88. The zero-order valence-electron chi connectivity index (χ0n) is 21.0. The molecule has 2 N–H and O–H groups in total. The number of nitrogens with zero attached hydrogens (tertiary/aromatic N) is 5. The van der Waals surface area contributed by atoms with E-state index in [-0.39, 0.29) is 5.91 Å². The second kappa shape index (κ2) is 10.5. The number of carbonyl (C=O) groups is 1. The number of piperazine rings is 1. The van der Waals surface area contributed by atoms with Crippen molar-refractivity contribution in [2.45, 2.75) is 33.1 Å². The largest absolute Gasteiger partial charge is 0.384 e. The molecule has 7 heteroatoms. The molecule has 0 spiro atoms. The maximum Gasteiger partial charge on any atom is 0.254 e. The van der Waals surface area contributed by atoms with Crippen LogP contribution in [0.25, 0.3) is 11.3 Å². The first kappa shape index (κ1) is 24.0. The van der Waals surface area contributed by atoms with Gasteiger partial charge in [0.2, 0.25) is 0 Å². The minimum absolute atomic E-state index is 0.109. The molecule has 184 valence electrons. The van der Waals surface area contributed by atoms with Crippen molar-refractivity contribution in [3.8, 4) is 23.1 Å². The molecule has 1 aliphatic heterocycles. The van der Waals surface area contributed by atoms with Crippen LogP contribution in [-0.2, 0) is 6.42 Å². The van der Waals surface area contributed by atoms with Gasteiger partial charge in [0, 0.05) is 55.6 Å². The van der Waals surface area contributed by atoms with E-state index >= 15 is 0 Å². The summed E-state index contributed by atoms with van der Waals surface area (Å²) in [4.78, 5) is 30.9. The molecule has 1 aliphatic carbocycles. The van der Waals surface area contributed by atoms with Crippen molar-refractivity contribution < 1.29 is 4.79 Å². The number of hydrogen-bond donors (Lipinski definition) is 1. The molecule has 1 amide bonds. The SMILES string of the molecule is CCc1ncnc(-c2ccc(C(=O)N3CCN(CC4CC4)CC3)c(C)c2)c1C#Cc1ccc(N)nc1. The van der Waals surface area contributed by atoms with Crippen LogP contribution in [-0.4, -0.2) is 63.4 Å². The standard InChI is InChI=1S/C29H32N6O/c1-3-26-25(9-6-21-7-11-27(30)31-17-21)28(33-19-32-26)23-8-10-24(20(2)16-23)29(36)35-14-12-34(13-15-35)18-22-4-5-22/h7-8,10-11,16-17,19,22H,3-5,12-15,18H2,1-2H3,(H2,30,31). The van der Waals surface area contributed by atoms with Gasteiger partial charge in [0.1, 0.15) is 12.1 Å². The number of carbonyl (C=O) groups excluding carboxylic acids is 1. The van der Waals surface area contributed by atoms with Gasteiger partial charge in [0.05, 0.1) is 17.0 Å². The molecule has 7 nitrogen and oxygen atoms in total. The van der Waals surface area contributed by atoms with E-state index in [4.69, 9.17) is 5.73 Å². The lowest BCUT2D eigenvalue weighted by atomic mass is 9.98. The molecule has 0 bridgehead atoms. The lowest BCUT2D eigenvalue weighted by Gasteiger charge is -2.35. The van der Waals surface area contributed by atoms with Crippen molar-refractivity contribution in [3.05, 3.63) is 70.8 Å². The van der Waals surface area contributed by atoms with Gasteiger partial charge in [-0.25, -0.2) is 15.0 Å². The quantitative estimate of drug-likeness (QED) is 0.562. The van der Waals surface area contributed by atoms with Gasteiger partial charge >= 0.3 is 0 Å². The number of aryl methyl sites for hydroxylation is 2. The van der Waals surface area contributed by atoms with Crippen molar-refractivity contribution in [2.75, 3.05) is 38.5 Å². The summed E-state index contributed by atoms with van der Waals surface area (Å²) in [6.45, 7) is 8.75. The molecule has 3 aromatic rings. The van der Waals surface area contributed by atoms with Crippen LogP contribution in [0.15, 0.2) is 42.9 Å². The third kappa shape index (κ3) is 5.39. The smallest absolute Gasteiger partial charge is 0.254 e. The number of aromatic nitrogens is 3. The summed E-state index contributed by atoms with van der Waals surface area (Å²) < 4.78 is 0. The van der Waals surface area contributed by atoms with Crippen LogP contribution in [0.3, 0.4) is 0 Å². The topological polar surface area (TPSA) is 88.2 Å². The monoisotopic (exact) mass is 480 g/mol. The summed E-state index contributed by atoms with van der Waals surface area (Å²) in [5, 5.41) is 0. The number of hydrogen-bond acceptors (Lipinski definition) is 6. The summed E-state index contributed by atoms with van der Waals surface area (Å²) >= 11 is 0. The maximum atomic E-state index is 13.3. The normalized spacial score (nSPS) is 15.9. The van der Waals surface area contributed by atoms with Crippen LogP contribution in [0.5, 0.6) is 0 Å². The Labute approximate surface area is 212 Å². The fourth-order valence-corrected chi connectivity index (χ4v) is 4.67. The first-order chi connectivity index (χ1) is 17.5. The molecule has 5 rings (SSSR count). The highest BCUT2D eigenvalue weighted by Crippen LogP contribution is 2.30. The van der Waals surface area contributed by atoms with Gasteiger partial charge in [0.15, 0.2) is 0 Å². The third-order valence-corrected chi connectivity index (χ3v) is 6.98. The Bertz CT molecular complexity index is 1310. The summed E-state index contributed by atoms with van der Waals surface area (Å²) in [7, 11) is 0. The van der Waals surface area contributed by atoms with Crippen LogP contribution in [0.4, 0.5) is 5.82 Å². The number of rotatable bonds is 5. The van der Waals surface area contributed by atoms with Gasteiger partial charge in [-0.3, -0.25) is 9.69 Å². The Morgan fingerprint density at radius 3 is 2.53 bits per heavy atom. The maximum absolute atomic E-state index is 13.3. The number of nitrogen functional groups attached to an aromatic ring is 1. The Kier molecular flexibility index (Phi) is 6.97. The van der Waals surface area contributed by atoms with Crippen LogP contribution in [0.1, 0.15) is 52.5 Å². The Hall–Kier alpha value is -3.76. The fourth-order valence-electron chi connectivity index (χ4n) is 4.67. The molecule has 1 aromatic carbocycles. The Balaban J connectivity index is 1.37. The molecular formula is C29H32N6O. The van der Waals surface area contributed by atoms with Gasteiger partial charge < -0.3 is 10.6 Å². The Morgan fingerprint density at radius 2 is 1.86 bits per heavy atom. The van der Waals surface area contributed by atoms with E-state index in [1.807, 2.05) is 36.1 Å². The van der Waals surface area contributed by atoms with Gasteiger partial charge in [-0.15, -0.1) is 0 Å². The molecule has 2 fully saturated rings. The average Bonchev–Trinajstić information content (AvgIpc) is 3.72. The minimum Gasteiger partial charge on any atom is -0.384 e. The van der Waals surface area contributed by atoms with E-state index in [0.29, 0.717) is 5.82 Å². The van der Waals surface area contributed by atoms with Crippen molar-refractivity contribution >= 4 is 11.7 Å². The first-order valence-electron chi connectivity index (χ1n) is 12.7. The zero-order valence-corrected chi connectivity index (χ0v) is 21.0. The minimum atomic E-state index is 0.109. The molecule has 2 aromatic heterocycles. The molecular weight excluding hydrogens is 448 g/mol. The highest BCUT2D eigenvalue weighted by Gasteiger charge is 2.28. The fraction of sp³-hybridized carbons (Fsp3) is 0.379.